The van der Waals surface area contributed by atoms with Crippen LogP contribution in [0.3, 0.4) is 0 Å². The maximum Gasteiger partial charge on any atom is 0.193 e. The van der Waals surface area contributed by atoms with Crippen LogP contribution in [-0.2, 0) is 0 Å². The van der Waals surface area contributed by atoms with E-state index in [9.17, 15) is 0 Å². The van der Waals surface area contributed by atoms with Crippen LogP contribution in [0.5, 0.6) is 0 Å². The lowest BCUT2D eigenvalue weighted by atomic mass is 10.2. The van der Waals surface area contributed by atoms with Gasteiger partial charge >= 0.3 is 0 Å². The molecule has 14 heavy (non-hydrogen) atoms. The van der Waals surface area contributed by atoms with E-state index in [4.69, 9.17) is 21.8 Å². The Morgan fingerprint density at radius 3 is 2.71 bits per heavy atom. The van der Waals surface area contributed by atoms with Gasteiger partial charge in [-0.2, -0.15) is 0 Å². The van der Waals surface area contributed by atoms with Crippen molar-refractivity contribution in [3.05, 3.63) is 43.9 Å². The fourth-order valence-electron chi connectivity index (χ4n) is 1.15. The maximum atomic E-state index is 6.00. The first kappa shape index (κ1) is 10.2. The van der Waals surface area contributed by atoms with Gasteiger partial charge in [-0.05, 0) is 51.1 Å². The zero-order valence-electron chi connectivity index (χ0n) is 7.04. The summed E-state index contributed by atoms with van der Waals surface area (Å²) in [5.74, 6) is 0.679. The lowest BCUT2D eigenvalue weighted by molar-refractivity contribution is 0.493. The van der Waals surface area contributed by atoms with Gasteiger partial charge in [-0.1, -0.05) is 0 Å². The van der Waals surface area contributed by atoms with E-state index in [1.165, 1.54) is 0 Å². The molecule has 0 bridgehead atoms. The third-order valence-electron chi connectivity index (χ3n) is 1.83. The number of thiophene rings is 1. The molecule has 2 nitrogen and oxygen atoms in total. The minimum absolute atomic E-state index is 0.253. The number of hydrogen-bond donors (Lipinski definition) is 1. The van der Waals surface area contributed by atoms with E-state index in [1.54, 1.807) is 23.5 Å². The Bertz CT molecular complexity index is 439. The van der Waals surface area contributed by atoms with Crippen LogP contribution in [0, 0.1) is 0 Å². The van der Waals surface area contributed by atoms with Gasteiger partial charge in [0.1, 0.15) is 5.76 Å². The van der Waals surface area contributed by atoms with Gasteiger partial charge in [0.2, 0.25) is 0 Å². The fourth-order valence-corrected chi connectivity index (χ4v) is 2.93. The van der Waals surface area contributed by atoms with E-state index < -0.39 is 0 Å². The Morgan fingerprint density at radius 2 is 2.21 bits per heavy atom. The van der Waals surface area contributed by atoms with E-state index in [-0.39, 0.29) is 6.04 Å². The van der Waals surface area contributed by atoms with Gasteiger partial charge in [0.05, 0.1) is 6.04 Å². The summed E-state index contributed by atoms with van der Waals surface area (Å²) in [5.41, 5.74) is 6.00. The number of nitrogens with two attached hydrogens (primary N) is 1. The highest BCUT2D eigenvalue weighted by atomic mass is 79.9. The summed E-state index contributed by atoms with van der Waals surface area (Å²) in [4.78, 5) is 1.04. The Balaban J connectivity index is 2.33. The predicted octanol–water partition coefficient (Wildman–Crippen LogP) is 3.81. The molecular weight excluding hydrogens is 286 g/mol. The van der Waals surface area contributed by atoms with Gasteiger partial charge in [0.15, 0.2) is 5.22 Å². The van der Waals surface area contributed by atoms with E-state index in [0.717, 1.165) is 9.35 Å². The zero-order chi connectivity index (χ0) is 10.1. The average molecular weight is 293 g/mol. The third kappa shape index (κ3) is 1.88. The molecule has 2 aromatic rings. The van der Waals surface area contributed by atoms with Crippen LogP contribution in [0.25, 0.3) is 0 Å². The second-order valence-electron chi connectivity index (χ2n) is 2.75. The first-order valence-corrected chi connectivity index (χ1v) is 5.97. The van der Waals surface area contributed by atoms with Crippen LogP contribution in [0.4, 0.5) is 0 Å². The SMILES string of the molecule is NC(c1ccc(Cl)o1)c1sccc1Br. The molecule has 2 heterocycles. The Morgan fingerprint density at radius 1 is 1.43 bits per heavy atom. The van der Waals surface area contributed by atoms with Crippen molar-refractivity contribution < 1.29 is 4.42 Å². The highest BCUT2D eigenvalue weighted by Gasteiger charge is 2.16. The topological polar surface area (TPSA) is 39.2 Å². The lowest BCUT2D eigenvalue weighted by Crippen LogP contribution is -2.09. The molecule has 0 radical (unpaired) electrons. The summed E-state index contributed by atoms with van der Waals surface area (Å²) >= 11 is 10.7. The van der Waals surface area contributed by atoms with E-state index >= 15 is 0 Å². The van der Waals surface area contributed by atoms with Crippen molar-refractivity contribution in [3.63, 3.8) is 0 Å². The molecule has 0 saturated heterocycles. The van der Waals surface area contributed by atoms with Crippen LogP contribution >= 0.6 is 38.9 Å². The van der Waals surface area contributed by atoms with Gasteiger partial charge < -0.3 is 10.2 Å². The standard InChI is InChI=1S/C9H7BrClNOS/c10-5-3-4-14-9(5)8(12)6-1-2-7(11)13-6/h1-4,8H,12H2. The number of furan rings is 1. The molecule has 2 aromatic heterocycles. The molecule has 0 amide bonds. The second kappa shape index (κ2) is 4.06. The molecule has 0 fully saturated rings. The van der Waals surface area contributed by atoms with Crippen molar-refractivity contribution >= 4 is 38.9 Å². The summed E-state index contributed by atoms with van der Waals surface area (Å²) in [6.45, 7) is 0. The minimum atomic E-state index is -0.253. The van der Waals surface area contributed by atoms with Crippen molar-refractivity contribution in [2.75, 3.05) is 0 Å². The number of rotatable bonds is 2. The van der Waals surface area contributed by atoms with Gasteiger partial charge in [-0.3, -0.25) is 0 Å². The monoisotopic (exact) mass is 291 g/mol. The van der Waals surface area contributed by atoms with Crippen LogP contribution in [0.15, 0.2) is 32.5 Å². The zero-order valence-corrected chi connectivity index (χ0v) is 10.2. The molecule has 0 aromatic carbocycles. The van der Waals surface area contributed by atoms with Crippen molar-refractivity contribution in [1.29, 1.82) is 0 Å². The van der Waals surface area contributed by atoms with Crippen molar-refractivity contribution in [1.82, 2.24) is 0 Å². The smallest absolute Gasteiger partial charge is 0.193 e. The highest BCUT2D eigenvalue weighted by molar-refractivity contribution is 9.10. The Kier molecular flexibility index (Phi) is 2.97. The summed E-state index contributed by atoms with van der Waals surface area (Å²) < 4.78 is 6.25. The second-order valence-corrected chi connectivity index (χ2v) is 4.93. The minimum Gasteiger partial charge on any atom is -0.448 e. The first-order valence-electron chi connectivity index (χ1n) is 3.92. The molecule has 2 rings (SSSR count). The predicted molar refractivity (Wildman–Crippen MR) is 61.8 cm³/mol. The average Bonchev–Trinajstić information content (AvgIpc) is 2.73. The molecule has 0 aliphatic rings. The molecule has 0 aliphatic heterocycles. The Labute approximate surface area is 98.8 Å². The molecule has 5 heteroatoms. The summed E-state index contributed by atoms with van der Waals surface area (Å²) in [6, 6.07) is 5.19. The third-order valence-corrected chi connectivity index (χ3v) is 3.98. The number of hydrogen-bond acceptors (Lipinski definition) is 3. The number of halogens is 2. The van der Waals surface area contributed by atoms with Crippen LogP contribution < -0.4 is 5.73 Å². The normalized spacial score (nSPS) is 13.1. The van der Waals surface area contributed by atoms with E-state index in [1.807, 2.05) is 11.4 Å². The quantitative estimate of drug-likeness (QED) is 0.914. The maximum absolute atomic E-state index is 6.00. The molecule has 1 atom stereocenters. The Hall–Kier alpha value is -0.290. The molecule has 0 saturated carbocycles. The van der Waals surface area contributed by atoms with Crippen LogP contribution in [0.1, 0.15) is 16.7 Å². The summed E-state index contributed by atoms with van der Waals surface area (Å²) in [7, 11) is 0. The molecule has 0 aliphatic carbocycles. The summed E-state index contributed by atoms with van der Waals surface area (Å²) in [6.07, 6.45) is 0. The van der Waals surface area contributed by atoms with Crippen LogP contribution in [-0.4, -0.2) is 0 Å². The largest absolute Gasteiger partial charge is 0.448 e. The van der Waals surface area contributed by atoms with Gasteiger partial charge in [-0.25, -0.2) is 0 Å². The van der Waals surface area contributed by atoms with Crippen molar-refractivity contribution in [3.8, 4) is 0 Å². The lowest BCUT2D eigenvalue weighted by Gasteiger charge is -2.06. The van der Waals surface area contributed by atoms with Crippen molar-refractivity contribution in [2.24, 2.45) is 5.73 Å². The molecule has 1 unspecified atom stereocenters. The summed E-state index contributed by atoms with van der Waals surface area (Å²) in [5, 5.41) is 2.34. The first-order chi connectivity index (χ1) is 6.68. The van der Waals surface area contributed by atoms with Gasteiger partial charge in [0.25, 0.3) is 0 Å². The van der Waals surface area contributed by atoms with Crippen molar-refractivity contribution in [2.45, 2.75) is 6.04 Å². The van der Waals surface area contributed by atoms with Gasteiger partial charge in [-0.15, -0.1) is 11.3 Å². The van der Waals surface area contributed by atoms with Crippen LogP contribution in [0.2, 0.25) is 5.22 Å². The molecular formula is C9H7BrClNOS. The van der Waals surface area contributed by atoms with E-state index in [0.29, 0.717) is 11.0 Å². The molecule has 0 spiro atoms. The molecule has 2 N–H and O–H groups in total. The van der Waals surface area contributed by atoms with Gasteiger partial charge in [0, 0.05) is 9.35 Å². The fraction of sp³-hybridized carbons (Fsp3) is 0.111. The highest BCUT2D eigenvalue weighted by Crippen LogP contribution is 2.32. The van der Waals surface area contributed by atoms with E-state index in [2.05, 4.69) is 15.9 Å². The molecule has 74 valence electrons.